The van der Waals surface area contributed by atoms with E-state index in [9.17, 15) is 9.59 Å². The second-order valence-electron chi connectivity index (χ2n) is 4.05. The molecule has 18 heavy (non-hydrogen) atoms. The second-order valence-corrected chi connectivity index (χ2v) is 4.67. The Labute approximate surface area is 113 Å². The van der Waals surface area contributed by atoms with Crippen LogP contribution < -0.4 is 10.6 Å². The first kappa shape index (κ1) is 14.6. The number of carbonyl (C=O) groups excluding carboxylic acids is 2. The minimum absolute atomic E-state index is 0.219. The van der Waals surface area contributed by atoms with Gasteiger partial charge in [-0.2, -0.15) is 12.6 Å². The Hall–Kier alpha value is -1.49. The minimum atomic E-state index is -0.548. The molecule has 0 aliphatic carbocycles. The third-order valence-corrected chi connectivity index (χ3v) is 2.99. The van der Waals surface area contributed by atoms with Gasteiger partial charge < -0.3 is 10.6 Å². The topological polar surface area (TPSA) is 58.2 Å². The number of benzene rings is 1. The van der Waals surface area contributed by atoms with Gasteiger partial charge in [0, 0.05) is 7.05 Å². The zero-order valence-electron chi connectivity index (χ0n) is 10.5. The molecular formula is C13H18N2O2S. The molecule has 98 valence electrons. The van der Waals surface area contributed by atoms with E-state index in [-0.39, 0.29) is 11.8 Å². The number of thiol groups is 1. The minimum Gasteiger partial charge on any atom is -0.357 e. The molecule has 0 saturated heterocycles. The Morgan fingerprint density at radius 2 is 1.83 bits per heavy atom. The Balaban J connectivity index is 2.49. The van der Waals surface area contributed by atoms with Gasteiger partial charge in [-0.15, -0.1) is 0 Å². The van der Waals surface area contributed by atoms with E-state index in [4.69, 9.17) is 0 Å². The lowest BCUT2D eigenvalue weighted by Gasteiger charge is -2.16. The van der Waals surface area contributed by atoms with Crippen molar-refractivity contribution in [3.63, 3.8) is 0 Å². The van der Waals surface area contributed by atoms with Gasteiger partial charge in [0.05, 0.1) is 5.25 Å². The van der Waals surface area contributed by atoms with Gasteiger partial charge in [0.2, 0.25) is 11.8 Å². The number of amides is 2. The molecule has 2 atom stereocenters. The molecule has 0 bridgehead atoms. The van der Waals surface area contributed by atoms with Crippen molar-refractivity contribution in [1.82, 2.24) is 10.6 Å². The van der Waals surface area contributed by atoms with Gasteiger partial charge in [-0.3, -0.25) is 9.59 Å². The number of rotatable bonds is 5. The fourth-order valence-electron chi connectivity index (χ4n) is 1.52. The number of likely N-dealkylation sites (N-methyl/N-ethyl adjacent to an activating group) is 1. The highest BCUT2D eigenvalue weighted by Crippen LogP contribution is 2.08. The van der Waals surface area contributed by atoms with Crippen molar-refractivity contribution in [3.05, 3.63) is 35.9 Å². The molecule has 0 aliphatic heterocycles. The number of nitrogens with one attached hydrogen (secondary N) is 2. The summed E-state index contributed by atoms with van der Waals surface area (Å²) in [4.78, 5) is 23.1. The summed E-state index contributed by atoms with van der Waals surface area (Å²) in [6.45, 7) is 1.64. The molecule has 4 nitrogen and oxygen atoms in total. The molecule has 0 heterocycles. The van der Waals surface area contributed by atoms with Gasteiger partial charge in [-0.25, -0.2) is 0 Å². The SMILES string of the molecule is CNC(=O)C(C)NC(=O)C(S)Cc1ccccc1. The van der Waals surface area contributed by atoms with Crippen molar-refractivity contribution in [2.45, 2.75) is 24.6 Å². The summed E-state index contributed by atoms with van der Waals surface area (Å²) < 4.78 is 0. The first-order valence-electron chi connectivity index (χ1n) is 5.78. The van der Waals surface area contributed by atoms with Gasteiger partial charge in [-0.1, -0.05) is 30.3 Å². The largest absolute Gasteiger partial charge is 0.357 e. The summed E-state index contributed by atoms with van der Waals surface area (Å²) in [5, 5.41) is 4.64. The van der Waals surface area contributed by atoms with Crippen LogP contribution in [0.2, 0.25) is 0 Å². The molecule has 0 aromatic heterocycles. The molecule has 1 aromatic carbocycles. The Morgan fingerprint density at radius 1 is 1.22 bits per heavy atom. The van der Waals surface area contributed by atoms with Gasteiger partial charge in [0.25, 0.3) is 0 Å². The van der Waals surface area contributed by atoms with Crippen LogP contribution in [0.4, 0.5) is 0 Å². The van der Waals surface area contributed by atoms with Crippen molar-refractivity contribution in [1.29, 1.82) is 0 Å². The van der Waals surface area contributed by atoms with E-state index in [1.54, 1.807) is 6.92 Å². The maximum Gasteiger partial charge on any atom is 0.242 e. The van der Waals surface area contributed by atoms with Crippen LogP contribution in [0.5, 0.6) is 0 Å². The molecule has 0 aliphatic rings. The molecule has 0 saturated carbocycles. The lowest BCUT2D eigenvalue weighted by atomic mass is 10.1. The smallest absolute Gasteiger partial charge is 0.242 e. The molecule has 0 spiro atoms. The van der Waals surface area contributed by atoms with E-state index in [0.29, 0.717) is 6.42 Å². The zero-order valence-corrected chi connectivity index (χ0v) is 11.4. The summed E-state index contributed by atoms with van der Waals surface area (Å²) in [5.74, 6) is -0.457. The number of hydrogen-bond donors (Lipinski definition) is 3. The van der Waals surface area contributed by atoms with E-state index < -0.39 is 11.3 Å². The van der Waals surface area contributed by atoms with Gasteiger partial charge in [-0.05, 0) is 18.9 Å². The zero-order chi connectivity index (χ0) is 13.5. The molecular weight excluding hydrogens is 248 g/mol. The Morgan fingerprint density at radius 3 is 2.39 bits per heavy atom. The summed E-state index contributed by atoms with van der Waals surface area (Å²) in [6.07, 6.45) is 0.538. The molecule has 1 aromatic rings. The number of carbonyl (C=O) groups is 2. The summed E-state index contributed by atoms with van der Waals surface area (Å²) in [5.41, 5.74) is 1.04. The van der Waals surface area contributed by atoms with Crippen LogP contribution in [0.25, 0.3) is 0 Å². The van der Waals surface area contributed by atoms with Gasteiger partial charge in [0.15, 0.2) is 0 Å². The quantitative estimate of drug-likeness (QED) is 0.690. The van der Waals surface area contributed by atoms with Crippen LogP contribution >= 0.6 is 12.6 Å². The first-order valence-corrected chi connectivity index (χ1v) is 6.30. The normalized spacial score (nSPS) is 13.5. The van der Waals surface area contributed by atoms with E-state index in [1.807, 2.05) is 30.3 Å². The van der Waals surface area contributed by atoms with Crippen LogP contribution in [0.15, 0.2) is 30.3 Å². The van der Waals surface area contributed by atoms with Crippen LogP contribution in [0, 0.1) is 0 Å². The lowest BCUT2D eigenvalue weighted by Crippen LogP contribution is -2.46. The van der Waals surface area contributed by atoms with Crippen molar-refractivity contribution in [3.8, 4) is 0 Å². The fourth-order valence-corrected chi connectivity index (χ4v) is 1.81. The van der Waals surface area contributed by atoms with Crippen LogP contribution in [0.3, 0.4) is 0 Å². The van der Waals surface area contributed by atoms with Gasteiger partial charge in [0.1, 0.15) is 6.04 Å². The highest BCUT2D eigenvalue weighted by Gasteiger charge is 2.19. The molecule has 2 unspecified atom stereocenters. The van der Waals surface area contributed by atoms with E-state index in [2.05, 4.69) is 23.3 Å². The summed E-state index contributed by atoms with van der Waals surface area (Å²) in [7, 11) is 1.53. The predicted molar refractivity (Wildman–Crippen MR) is 74.6 cm³/mol. The molecule has 5 heteroatoms. The monoisotopic (exact) mass is 266 g/mol. The van der Waals surface area contributed by atoms with Crippen molar-refractivity contribution >= 4 is 24.4 Å². The fraction of sp³-hybridized carbons (Fsp3) is 0.385. The number of hydrogen-bond acceptors (Lipinski definition) is 3. The van der Waals surface area contributed by atoms with E-state index in [1.165, 1.54) is 7.05 Å². The van der Waals surface area contributed by atoms with Crippen LogP contribution in [-0.4, -0.2) is 30.2 Å². The third kappa shape index (κ3) is 4.41. The lowest BCUT2D eigenvalue weighted by molar-refractivity contribution is -0.128. The Kier molecular flexibility index (Phi) is 5.71. The van der Waals surface area contributed by atoms with E-state index >= 15 is 0 Å². The summed E-state index contributed by atoms with van der Waals surface area (Å²) >= 11 is 4.26. The second kappa shape index (κ2) is 7.06. The van der Waals surface area contributed by atoms with Crippen molar-refractivity contribution in [2.75, 3.05) is 7.05 Å². The first-order chi connectivity index (χ1) is 8.54. The van der Waals surface area contributed by atoms with E-state index in [0.717, 1.165) is 5.56 Å². The highest BCUT2D eigenvalue weighted by atomic mass is 32.1. The molecule has 2 amide bonds. The van der Waals surface area contributed by atoms with Crippen molar-refractivity contribution < 1.29 is 9.59 Å². The van der Waals surface area contributed by atoms with Crippen LogP contribution in [0.1, 0.15) is 12.5 Å². The average Bonchev–Trinajstić information content (AvgIpc) is 2.38. The van der Waals surface area contributed by atoms with Gasteiger partial charge >= 0.3 is 0 Å². The Bertz CT molecular complexity index is 409. The molecule has 0 fully saturated rings. The average molecular weight is 266 g/mol. The van der Waals surface area contributed by atoms with Crippen LogP contribution in [-0.2, 0) is 16.0 Å². The maximum absolute atomic E-state index is 11.8. The van der Waals surface area contributed by atoms with Crippen molar-refractivity contribution in [2.24, 2.45) is 0 Å². The highest BCUT2D eigenvalue weighted by molar-refractivity contribution is 7.81. The third-order valence-electron chi connectivity index (χ3n) is 2.57. The maximum atomic E-state index is 11.8. The molecule has 0 radical (unpaired) electrons. The standard InChI is InChI=1S/C13H18N2O2S/c1-9(12(16)14-2)15-13(17)11(18)8-10-6-4-3-5-7-10/h3-7,9,11,18H,8H2,1-2H3,(H,14,16)(H,15,17). The molecule has 1 rings (SSSR count). The molecule has 2 N–H and O–H groups in total. The predicted octanol–water partition coefficient (Wildman–Crippen LogP) is 0.778. The summed E-state index contributed by atoms with van der Waals surface area (Å²) in [6, 6.07) is 9.09.